The molecule has 0 spiro atoms. The van der Waals surface area contributed by atoms with E-state index in [2.05, 4.69) is 129 Å². The zero-order valence-corrected chi connectivity index (χ0v) is 50.3. The third-order valence-corrected chi connectivity index (χ3v) is 14.5. The van der Waals surface area contributed by atoms with Crippen LogP contribution in [0.4, 0.5) is 0 Å². The molecule has 0 aromatic rings. The van der Waals surface area contributed by atoms with Crippen molar-refractivity contribution in [1.29, 1.82) is 0 Å². The maximum Gasteiger partial charge on any atom is 0.220 e. The number of ether oxygens (including phenoxy) is 2. The molecule has 0 aromatic carbocycles. The van der Waals surface area contributed by atoms with Gasteiger partial charge in [-0.2, -0.15) is 0 Å². The number of carbonyl (C=O) groups excluding carboxylic acids is 1. The van der Waals surface area contributed by atoms with Crippen LogP contribution < -0.4 is 5.32 Å². The molecule has 0 aliphatic carbocycles. The third-order valence-electron chi connectivity index (χ3n) is 14.5. The van der Waals surface area contributed by atoms with Crippen LogP contribution in [0, 0.1) is 0 Å². The zero-order valence-electron chi connectivity index (χ0n) is 50.3. The Morgan fingerprint density at radius 1 is 0.443 bits per heavy atom. The van der Waals surface area contributed by atoms with Crippen LogP contribution in [0.1, 0.15) is 258 Å². The topological polar surface area (TPSA) is 149 Å². The monoisotopic (exact) mass is 1100 g/mol. The number of nitrogens with one attached hydrogen (secondary N) is 1. The molecule has 1 fully saturated rings. The Morgan fingerprint density at radius 3 is 1.22 bits per heavy atom. The third kappa shape index (κ3) is 46.9. The Kier molecular flexibility index (Phi) is 53.9. The van der Waals surface area contributed by atoms with Gasteiger partial charge in [-0.1, -0.05) is 277 Å². The lowest BCUT2D eigenvalue weighted by atomic mass is 9.99. The Balaban J connectivity index is 2.22. The molecule has 9 heteroatoms. The lowest BCUT2D eigenvalue weighted by molar-refractivity contribution is -0.302. The van der Waals surface area contributed by atoms with E-state index in [1.54, 1.807) is 6.08 Å². The van der Waals surface area contributed by atoms with Crippen LogP contribution >= 0.6 is 0 Å². The van der Waals surface area contributed by atoms with E-state index in [9.17, 15) is 30.3 Å². The summed E-state index contributed by atoms with van der Waals surface area (Å²) in [6.45, 7) is 3.66. The smallest absolute Gasteiger partial charge is 0.220 e. The molecule has 0 aromatic heterocycles. The van der Waals surface area contributed by atoms with Crippen LogP contribution in [0.5, 0.6) is 0 Å². The Hall–Kier alpha value is -3.41. The van der Waals surface area contributed by atoms with Crippen molar-refractivity contribution in [2.24, 2.45) is 0 Å². The van der Waals surface area contributed by atoms with Crippen molar-refractivity contribution >= 4 is 5.91 Å². The van der Waals surface area contributed by atoms with Gasteiger partial charge in [-0.25, -0.2) is 0 Å². The number of unbranched alkanes of at least 4 members (excludes halogenated alkanes) is 26. The average molecular weight is 1100 g/mol. The van der Waals surface area contributed by atoms with E-state index in [0.29, 0.717) is 6.42 Å². The highest BCUT2D eigenvalue weighted by molar-refractivity contribution is 5.76. The summed E-state index contributed by atoms with van der Waals surface area (Å²) in [5.41, 5.74) is 0. The predicted molar refractivity (Wildman–Crippen MR) is 336 cm³/mol. The summed E-state index contributed by atoms with van der Waals surface area (Å²) < 4.78 is 11.3. The molecule has 1 heterocycles. The number of amides is 1. The van der Waals surface area contributed by atoms with E-state index < -0.39 is 49.5 Å². The Morgan fingerprint density at radius 2 is 0.797 bits per heavy atom. The van der Waals surface area contributed by atoms with E-state index in [-0.39, 0.29) is 12.5 Å². The molecule has 0 radical (unpaired) electrons. The SMILES string of the molecule is CC/C=C\C/C=C\C/C=C\C/C=C\C/C=C\C/C=C\C/C=C\C/C=C\CCCCCCCCCCC(=O)NC(COC1OC(CO)C(O)C(O)C1O)C(O)/C=C/CC/C=C/CCCCCCCCCCCCCCCCCCC. The van der Waals surface area contributed by atoms with E-state index in [4.69, 9.17) is 9.47 Å². The number of allylic oxidation sites excluding steroid dienone is 19. The fourth-order valence-corrected chi connectivity index (χ4v) is 9.48. The highest BCUT2D eigenvalue weighted by atomic mass is 16.7. The number of carbonyl (C=O) groups is 1. The van der Waals surface area contributed by atoms with Crippen molar-refractivity contribution in [3.8, 4) is 0 Å². The van der Waals surface area contributed by atoms with Gasteiger partial charge in [-0.15, -0.1) is 0 Å². The van der Waals surface area contributed by atoms with Crippen LogP contribution in [0.2, 0.25) is 0 Å². The van der Waals surface area contributed by atoms with Crippen molar-refractivity contribution in [2.75, 3.05) is 13.2 Å². The zero-order chi connectivity index (χ0) is 57.2. The summed E-state index contributed by atoms with van der Waals surface area (Å²) in [5.74, 6) is -0.199. The van der Waals surface area contributed by atoms with Crippen LogP contribution in [0.15, 0.2) is 122 Å². The molecular formula is C70H119NO8. The number of rotatable bonds is 54. The Bertz CT molecular complexity index is 1660. The first-order valence-electron chi connectivity index (χ1n) is 32.3. The van der Waals surface area contributed by atoms with Gasteiger partial charge in [0, 0.05) is 6.42 Å². The van der Waals surface area contributed by atoms with Crippen LogP contribution in [0.3, 0.4) is 0 Å². The largest absolute Gasteiger partial charge is 0.394 e. The second kappa shape index (κ2) is 57.8. The number of hydrogen-bond donors (Lipinski definition) is 6. The minimum Gasteiger partial charge on any atom is -0.394 e. The molecule has 9 nitrogen and oxygen atoms in total. The maximum atomic E-state index is 13.1. The molecule has 1 rings (SSSR count). The molecule has 1 amide bonds. The summed E-state index contributed by atoms with van der Waals surface area (Å²) in [6.07, 6.45) is 79.9. The molecule has 0 saturated carbocycles. The molecule has 6 N–H and O–H groups in total. The van der Waals surface area contributed by atoms with Gasteiger partial charge in [-0.05, 0) is 96.3 Å². The molecule has 0 bridgehead atoms. The van der Waals surface area contributed by atoms with E-state index in [1.807, 2.05) is 6.08 Å². The van der Waals surface area contributed by atoms with Gasteiger partial charge in [-0.3, -0.25) is 4.79 Å². The standard InChI is InChI=1S/C70H119NO8/c1-3-5-7-9-11-13-15-17-19-21-23-25-27-28-29-30-31-32-33-34-35-36-38-40-42-44-46-48-50-52-54-56-58-60-66(74)71-63(62-78-70-69(77)68(76)67(75)65(61-72)79-70)64(73)59-57-55-53-51-49-47-45-43-41-39-37-26-24-22-20-18-16-14-12-10-8-6-4-2/h5,7,11,13,17,19,23,25,28-29,31-32,34-35,38,40,49,51,57,59,63-65,67-70,72-73,75-77H,3-4,6,8-10,12,14-16,18,20-22,24,26-27,30,33,36-37,39,41-48,50,52-56,58,60-62H2,1-2H3,(H,71,74)/b7-5-,13-11-,19-17-,25-23-,29-28-,32-31-,35-34-,40-38-,51-49+,59-57+. The molecule has 452 valence electrons. The average Bonchev–Trinajstić information content (AvgIpc) is 3.47. The van der Waals surface area contributed by atoms with E-state index in [1.165, 1.54) is 135 Å². The number of aliphatic hydroxyl groups excluding tert-OH is 5. The first-order valence-corrected chi connectivity index (χ1v) is 32.3. The minimum absolute atomic E-state index is 0.199. The highest BCUT2D eigenvalue weighted by Crippen LogP contribution is 2.23. The first kappa shape index (κ1) is 73.6. The number of hydrogen-bond acceptors (Lipinski definition) is 8. The van der Waals surface area contributed by atoms with Crippen molar-refractivity contribution in [3.63, 3.8) is 0 Å². The van der Waals surface area contributed by atoms with E-state index >= 15 is 0 Å². The van der Waals surface area contributed by atoms with Gasteiger partial charge in [0.25, 0.3) is 0 Å². The summed E-state index contributed by atoms with van der Waals surface area (Å²) in [6, 6.07) is -0.836. The molecule has 1 aliphatic rings. The molecule has 1 aliphatic heterocycles. The Labute approximate surface area is 484 Å². The van der Waals surface area contributed by atoms with Gasteiger partial charge >= 0.3 is 0 Å². The second-order valence-electron chi connectivity index (χ2n) is 21.8. The molecule has 1 saturated heterocycles. The van der Waals surface area contributed by atoms with Gasteiger partial charge in [0.15, 0.2) is 6.29 Å². The molecular weight excluding hydrogens is 983 g/mol. The summed E-state index contributed by atoms with van der Waals surface area (Å²) in [7, 11) is 0. The maximum absolute atomic E-state index is 13.1. The van der Waals surface area contributed by atoms with E-state index in [0.717, 1.165) is 103 Å². The lowest BCUT2D eigenvalue weighted by Gasteiger charge is -2.40. The van der Waals surface area contributed by atoms with Gasteiger partial charge in [0.05, 0.1) is 25.4 Å². The van der Waals surface area contributed by atoms with Gasteiger partial charge < -0.3 is 40.3 Å². The minimum atomic E-state index is -1.58. The van der Waals surface area contributed by atoms with Crippen molar-refractivity contribution in [3.05, 3.63) is 122 Å². The molecule has 7 unspecified atom stereocenters. The highest BCUT2D eigenvalue weighted by Gasteiger charge is 2.44. The second-order valence-corrected chi connectivity index (χ2v) is 21.8. The quantitative estimate of drug-likeness (QED) is 0.0261. The lowest BCUT2D eigenvalue weighted by Crippen LogP contribution is -2.60. The van der Waals surface area contributed by atoms with Crippen molar-refractivity contribution < 1.29 is 39.8 Å². The van der Waals surface area contributed by atoms with Crippen LogP contribution in [-0.2, 0) is 14.3 Å². The fraction of sp³-hybridized carbons (Fsp3) is 0.700. The predicted octanol–water partition coefficient (Wildman–Crippen LogP) is 17.1. The summed E-state index contributed by atoms with van der Waals surface area (Å²) >= 11 is 0. The van der Waals surface area contributed by atoms with Crippen molar-refractivity contribution in [2.45, 2.75) is 301 Å². The summed E-state index contributed by atoms with van der Waals surface area (Å²) in [4.78, 5) is 13.1. The van der Waals surface area contributed by atoms with Gasteiger partial charge in [0.2, 0.25) is 5.91 Å². The number of aliphatic hydroxyl groups is 5. The van der Waals surface area contributed by atoms with Crippen molar-refractivity contribution in [1.82, 2.24) is 5.32 Å². The van der Waals surface area contributed by atoms with Crippen LogP contribution in [-0.4, -0.2) is 87.5 Å². The summed E-state index contributed by atoms with van der Waals surface area (Å²) in [5, 5.41) is 54.6. The van der Waals surface area contributed by atoms with Crippen LogP contribution in [0.25, 0.3) is 0 Å². The molecule has 7 atom stereocenters. The normalized spacial score (nSPS) is 19.4. The molecule has 79 heavy (non-hydrogen) atoms. The fourth-order valence-electron chi connectivity index (χ4n) is 9.48. The van der Waals surface area contributed by atoms with Gasteiger partial charge in [0.1, 0.15) is 24.4 Å². The first-order chi connectivity index (χ1) is 38.8.